The van der Waals surface area contributed by atoms with E-state index >= 15 is 0 Å². The first-order valence-electron chi connectivity index (χ1n) is 10.3. The van der Waals surface area contributed by atoms with Crippen LogP contribution < -0.4 is 19.5 Å². The molecule has 1 aromatic heterocycles. The van der Waals surface area contributed by atoms with E-state index in [0.717, 1.165) is 0 Å². The minimum absolute atomic E-state index is 0.0322. The van der Waals surface area contributed by atoms with Crippen LogP contribution in [0.5, 0.6) is 17.2 Å². The average Bonchev–Trinajstić information content (AvgIpc) is 3.37. The number of carbonyl (C=O) groups excluding carboxylic acids is 1. The lowest BCUT2D eigenvalue weighted by Gasteiger charge is -2.18. The van der Waals surface area contributed by atoms with E-state index in [0.29, 0.717) is 22.8 Å². The predicted molar refractivity (Wildman–Crippen MR) is 122 cm³/mol. The van der Waals surface area contributed by atoms with Crippen LogP contribution in [0.2, 0.25) is 0 Å². The van der Waals surface area contributed by atoms with E-state index < -0.39 is 17.8 Å². The number of halogens is 1. The molecule has 1 N–H and O–H groups in total. The van der Waals surface area contributed by atoms with E-state index in [-0.39, 0.29) is 22.9 Å². The van der Waals surface area contributed by atoms with Gasteiger partial charge in [-0.15, -0.1) is 10.2 Å². The van der Waals surface area contributed by atoms with Gasteiger partial charge in [-0.2, -0.15) is 0 Å². The summed E-state index contributed by atoms with van der Waals surface area (Å²) in [6, 6.07) is 17.2. The summed E-state index contributed by atoms with van der Waals surface area (Å²) < 4.78 is 36.5. The first-order chi connectivity index (χ1) is 16.5. The summed E-state index contributed by atoms with van der Waals surface area (Å²) in [6.07, 6.45) is 0. The summed E-state index contributed by atoms with van der Waals surface area (Å²) >= 11 is 0. The zero-order chi connectivity index (χ0) is 24.1. The second-order valence-electron chi connectivity index (χ2n) is 7.15. The van der Waals surface area contributed by atoms with Crippen molar-refractivity contribution >= 4 is 5.91 Å². The monoisotopic (exact) mass is 463 g/mol. The molecule has 3 aromatic carbocycles. The van der Waals surface area contributed by atoms with Crippen LogP contribution in [0.3, 0.4) is 0 Å². The maximum atomic E-state index is 14.7. The van der Waals surface area contributed by atoms with Gasteiger partial charge in [0.1, 0.15) is 11.9 Å². The van der Waals surface area contributed by atoms with Crippen molar-refractivity contribution in [2.75, 3.05) is 21.3 Å². The molecule has 0 radical (unpaired) electrons. The Morgan fingerprint density at radius 1 is 0.912 bits per heavy atom. The van der Waals surface area contributed by atoms with E-state index in [2.05, 4.69) is 15.5 Å². The van der Waals surface area contributed by atoms with Gasteiger partial charge in [-0.25, -0.2) is 4.39 Å². The van der Waals surface area contributed by atoms with Gasteiger partial charge in [0.15, 0.2) is 11.5 Å². The number of hydrogen-bond acceptors (Lipinski definition) is 7. The highest BCUT2D eigenvalue weighted by Crippen LogP contribution is 2.38. The van der Waals surface area contributed by atoms with Gasteiger partial charge in [-0.05, 0) is 30.3 Å². The lowest BCUT2D eigenvalue weighted by atomic mass is 10.0. The third-order valence-corrected chi connectivity index (χ3v) is 5.13. The largest absolute Gasteiger partial charge is 0.493 e. The molecule has 0 spiro atoms. The van der Waals surface area contributed by atoms with E-state index in [1.807, 2.05) is 30.3 Å². The Balaban J connectivity index is 1.73. The normalized spacial score (nSPS) is 11.5. The molecule has 0 aliphatic carbocycles. The van der Waals surface area contributed by atoms with Gasteiger partial charge < -0.3 is 23.9 Å². The van der Waals surface area contributed by atoms with Gasteiger partial charge in [0.25, 0.3) is 5.91 Å². The fourth-order valence-corrected chi connectivity index (χ4v) is 3.46. The van der Waals surface area contributed by atoms with E-state index in [1.54, 1.807) is 18.2 Å². The number of nitrogens with one attached hydrogen (secondary N) is 1. The Hall–Kier alpha value is -4.40. The summed E-state index contributed by atoms with van der Waals surface area (Å²) in [5, 5.41) is 10.9. The Morgan fingerprint density at radius 2 is 1.56 bits per heavy atom. The number of methoxy groups -OCH3 is 3. The third-order valence-electron chi connectivity index (χ3n) is 5.13. The minimum Gasteiger partial charge on any atom is -0.493 e. The number of rotatable bonds is 8. The first-order valence-corrected chi connectivity index (χ1v) is 10.3. The number of hydrogen-bond donors (Lipinski definition) is 1. The maximum Gasteiger partial charge on any atom is 0.252 e. The molecule has 0 saturated heterocycles. The SMILES string of the molecule is COc1cc(C(=O)NC(c2nnc(-c3ccccc3)o2)c2ccccc2F)cc(OC)c1OC. The molecular weight excluding hydrogens is 441 g/mol. The van der Waals surface area contributed by atoms with Crippen molar-refractivity contribution < 1.29 is 27.8 Å². The molecule has 1 atom stereocenters. The molecule has 4 rings (SSSR count). The van der Waals surface area contributed by atoms with Crippen molar-refractivity contribution in [1.82, 2.24) is 15.5 Å². The van der Waals surface area contributed by atoms with Gasteiger partial charge in [0.05, 0.1) is 21.3 Å². The highest BCUT2D eigenvalue weighted by atomic mass is 19.1. The summed E-state index contributed by atoms with van der Waals surface area (Å²) in [6.45, 7) is 0. The quantitative estimate of drug-likeness (QED) is 0.413. The Kier molecular flexibility index (Phi) is 6.72. The molecule has 34 heavy (non-hydrogen) atoms. The van der Waals surface area contributed by atoms with Gasteiger partial charge >= 0.3 is 0 Å². The minimum atomic E-state index is -1.04. The van der Waals surface area contributed by atoms with Crippen LogP contribution in [0.25, 0.3) is 11.5 Å². The lowest BCUT2D eigenvalue weighted by Crippen LogP contribution is -2.30. The molecule has 9 heteroatoms. The summed E-state index contributed by atoms with van der Waals surface area (Å²) in [5.41, 5.74) is 1.08. The lowest BCUT2D eigenvalue weighted by molar-refractivity contribution is 0.0936. The smallest absolute Gasteiger partial charge is 0.252 e. The van der Waals surface area contributed by atoms with Crippen LogP contribution in [-0.4, -0.2) is 37.4 Å². The highest BCUT2D eigenvalue weighted by molar-refractivity contribution is 5.96. The number of ether oxygens (including phenoxy) is 3. The van der Waals surface area contributed by atoms with Crippen molar-refractivity contribution in [2.45, 2.75) is 6.04 Å². The number of benzene rings is 3. The van der Waals surface area contributed by atoms with Crippen molar-refractivity contribution in [2.24, 2.45) is 0 Å². The van der Waals surface area contributed by atoms with Crippen LogP contribution in [0.1, 0.15) is 27.9 Å². The molecule has 0 aliphatic rings. The molecule has 174 valence electrons. The molecule has 0 saturated carbocycles. The number of amides is 1. The fraction of sp³-hybridized carbons (Fsp3) is 0.160. The van der Waals surface area contributed by atoms with Crippen LogP contribution in [0.15, 0.2) is 71.1 Å². The molecule has 0 fully saturated rings. The third kappa shape index (κ3) is 4.54. The summed E-state index contributed by atoms with van der Waals surface area (Å²) in [7, 11) is 4.36. The summed E-state index contributed by atoms with van der Waals surface area (Å²) in [4.78, 5) is 13.3. The molecule has 0 aliphatic heterocycles. The second-order valence-corrected chi connectivity index (χ2v) is 7.15. The molecule has 4 aromatic rings. The molecule has 1 amide bonds. The maximum absolute atomic E-state index is 14.7. The van der Waals surface area contributed by atoms with Gasteiger partial charge in [0.2, 0.25) is 17.5 Å². The van der Waals surface area contributed by atoms with E-state index in [1.165, 1.54) is 39.5 Å². The van der Waals surface area contributed by atoms with Gasteiger partial charge in [-0.1, -0.05) is 36.4 Å². The number of carbonyl (C=O) groups is 1. The van der Waals surface area contributed by atoms with Gasteiger partial charge in [-0.3, -0.25) is 4.79 Å². The van der Waals surface area contributed by atoms with Crippen molar-refractivity contribution in [3.63, 3.8) is 0 Å². The average molecular weight is 463 g/mol. The molecular formula is C25H22FN3O5. The number of aromatic nitrogens is 2. The fourth-order valence-electron chi connectivity index (χ4n) is 3.46. The van der Waals surface area contributed by atoms with Crippen molar-refractivity contribution in [1.29, 1.82) is 0 Å². The molecule has 0 bridgehead atoms. The first kappa shape index (κ1) is 22.8. The Labute approximate surface area is 195 Å². The zero-order valence-electron chi connectivity index (χ0n) is 18.7. The predicted octanol–water partition coefficient (Wildman–Crippen LogP) is 4.42. The van der Waals surface area contributed by atoms with Crippen LogP contribution in [-0.2, 0) is 0 Å². The van der Waals surface area contributed by atoms with E-state index in [9.17, 15) is 9.18 Å². The van der Waals surface area contributed by atoms with Crippen LogP contribution in [0.4, 0.5) is 4.39 Å². The van der Waals surface area contributed by atoms with E-state index in [4.69, 9.17) is 18.6 Å². The highest BCUT2D eigenvalue weighted by Gasteiger charge is 2.27. The molecule has 1 heterocycles. The standard InChI is InChI=1S/C25H22FN3O5/c1-31-19-13-16(14-20(32-2)22(19)33-3)23(30)27-21(17-11-7-8-12-18(17)26)25-29-28-24(34-25)15-9-5-4-6-10-15/h4-14,21H,1-3H3,(H,27,30). The van der Waals surface area contributed by atoms with Crippen LogP contribution >= 0.6 is 0 Å². The topological polar surface area (TPSA) is 95.7 Å². The van der Waals surface area contributed by atoms with Crippen molar-refractivity contribution in [3.05, 3.63) is 89.6 Å². The van der Waals surface area contributed by atoms with Gasteiger partial charge in [0, 0.05) is 16.7 Å². The zero-order valence-corrected chi connectivity index (χ0v) is 18.7. The Morgan fingerprint density at radius 3 is 2.18 bits per heavy atom. The Bertz CT molecular complexity index is 1270. The number of nitrogens with zero attached hydrogens (tertiary/aromatic N) is 2. The second kappa shape index (κ2) is 10.0. The molecule has 8 nitrogen and oxygen atoms in total. The van der Waals surface area contributed by atoms with Crippen molar-refractivity contribution in [3.8, 4) is 28.7 Å². The molecule has 1 unspecified atom stereocenters. The summed E-state index contributed by atoms with van der Waals surface area (Å²) in [5.74, 6) is 0.168. The van der Waals surface area contributed by atoms with Crippen LogP contribution in [0, 0.1) is 5.82 Å².